The highest BCUT2D eigenvalue weighted by Crippen LogP contribution is 2.12. The third kappa shape index (κ3) is 10.00. The Kier molecular flexibility index (Phi) is 10.4. The van der Waals surface area contributed by atoms with Crippen LogP contribution in [0, 0.1) is 11.8 Å². The van der Waals surface area contributed by atoms with E-state index in [0.717, 1.165) is 13.0 Å². The summed E-state index contributed by atoms with van der Waals surface area (Å²) in [6.45, 7) is 8.93. The van der Waals surface area contributed by atoms with Crippen LogP contribution in [0.3, 0.4) is 0 Å². The average molecular weight is 290 g/mol. The van der Waals surface area contributed by atoms with E-state index in [1.807, 2.05) is 0 Å². The van der Waals surface area contributed by atoms with Crippen molar-refractivity contribution in [3.63, 3.8) is 0 Å². The van der Waals surface area contributed by atoms with Crippen LogP contribution in [-0.4, -0.2) is 54.8 Å². The van der Waals surface area contributed by atoms with Gasteiger partial charge in [-0.25, -0.2) is 4.79 Å². The van der Waals surface area contributed by atoms with Crippen LogP contribution >= 0.6 is 0 Å². The van der Waals surface area contributed by atoms with Gasteiger partial charge in [-0.05, 0) is 12.3 Å². The summed E-state index contributed by atoms with van der Waals surface area (Å²) < 4.78 is 5.16. The molecule has 0 aliphatic carbocycles. The van der Waals surface area contributed by atoms with E-state index in [1.54, 1.807) is 0 Å². The number of rotatable bonds is 10. The Hall–Kier alpha value is -0.850. The van der Waals surface area contributed by atoms with Crippen molar-refractivity contribution in [3.05, 3.63) is 0 Å². The largest absolute Gasteiger partial charge is 0.449 e. The summed E-state index contributed by atoms with van der Waals surface area (Å²) in [7, 11) is 0. The number of aliphatic hydroxyl groups excluding tert-OH is 2. The highest BCUT2D eigenvalue weighted by molar-refractivity contribution is 5.67. The average Bonchev–Trinajstić information content (AvgIpc) is 2.38. The lowest BCUT2D eigenvalue weighted by Crippen LogP contribution is -2.41. The van der Waals surface area contributed by atoms with Gasteiger partial charge in [0, 0.05) is 18.5 Å². The maximum atomic E-state index is 11.5. The van der Waals surface area contributed by atoms with E-state index in [9.17, 15) is 4.79 Å². The number of ether oxygens (including phenoxy) is 1. The molecule has 0 aliphatic heterocycles. The molecule has 6 nitrogen and oxygen atoms in total. The van der Waals surface area contributed by atoms with Gasteiger partial charge in [0.1, 0.15) is 0 Å². The molecular formula is C14H30N2O4. The van der Waals surface area contributed by atoms with Crippen LogP contribution in [0.4, 0.5) is 4.79 Å². The lowest BCUT2D eigenvalue weighted by molar-refractivity contribution is 0.103. The van der Waals surface area contributed by atoms with E-state index in [4.69, 9.17) is 14.9 Å². The third-order valence-electron chi connectivity index (χ3n) is 2.83. The Morgan fingerprint density at radius 3 is 2.20 bits per heavy atom. The fourth-order valence-electron chi connectivity index (χ4n) is 1.83. The van der Waals surface area contributed by atoms with Crippen LogP contribution in [-0.2, 0) is 4.74 Å². The van der Waals surface area contributed by atoms with Crippen LogP contribution in [0.2, 0.25) is 0 Å². The molecule has 0 rings (SSSR count). The van der Waals surface area contributed by atoms with E-state index in [0.29, 0.717) is 18.6 Å². The number of amides is 1. The first kappa shape index (κ1) is 19.1. The van der Waals surface area contributed by atoms with Crippen molar-refractivity contribution >= 4 is 6.09 Å². The standard InChI is InChI=1S/C14H30N2O4/c1-10(2)5-12(6-15-11(3)4)9-20-14(19)16-13(7-17)8-18/h10-13,15,17-18H,5-9H2,1-4H3,(H,16,19). The Morgan fingerprint density at radius 2 is 1.75 bits per heavy atom. The molecule has 120 valence electrons. The van der Waals surface area contributed by atoms with Gasteiger partial charge in [0.2, 0.25) is 0 Å². The van der Waals surface area contributed by atoms with Crippen LogP contribution in [0.5, 0.6) is 0 Å². The molecule has 0 aromatic carbocycles. The van der Waals surface area contributed by atoms with Crippen molar-refractivity contribution in [2.45, 2.75) is 46.2 Å². The SMILES string of the molecule is CC(C)CC(CNC(C)C)COC(=O)NC(CO)CO. The zero-order valence-electron chi connectivity index (χ0n) is 13.1. The summed E-state index contributed by atoms with van der Waals surface area (Å²) in [5, 5.41) is 23.5. The number of carbonyl (C=O) groups is 1. The van der Waals surface area contributed by atoms with E-state index in [2.05, 4.69) is 38.3 Å². The molecule has 0 aliphatic rings. The second-order valence-corrected chi connectivity index (χ2v) is 5.86. The Balaban J connectivity index is 4.12. The van der Waals surface area contributed by atoms with Crippen LogP contribution < -0.4 is 10.6 Å². The van der Waals surface area contributed by atoms with Crippen molar-refractivity contribution in [1.29, 1.82) is 0 Å². The van der Waals surface area contributed by atoms with Crippen LogP contribution in [0.25, 0.3) is 0 Å². The highest BCUT2D eigenvalue weighted by Gasteiger charge is 2.16. The predicted octanol–water partition coefficient (Wildman–Crippen LogP) is 0.726. The van der Waals surface area contributed by atoms with Crippen molar-refractivity contribution in [1.82, 2.24) is 10.6 Å². The fraction of sp³-hybridized carbons (Fsp3) is 0.929. The molecule has 0 radical (unpaired) electrons. The number of aliphatic hydroxyl groups is 2. The second kappa shape index (κ2) is 10.9. The number of nitrogens with one attached hydrogen (secondary N) is 2. The van der Waals surface area contributed by atoms with Gasteiger partial charge in [-0.3, -0.25) is 0 Å². The van der Waals surface area contributed by atoms with Crippen molar-refractivity contribution in [2.24, 2.45) is 11.8 Å². The fourth-order valence-corrected chi connectivity index (χ4v) is 1.83. The topological polar surface area (TPSA) is 90.8 Å². The summed E-state index contributed by atoms with van der Waals surface area (Å²) in [6, 6.07) is -0.272. The highest BCUT2D eigenvalue weighted by atomic mass is 16.5. The van der Waals surface area contributed by atoms with Crippen molar-refractivity contribution in [2.75, 3.05) is 26.4 Å². The Labute approximate surface area is 121 Å². The van der Waals surface area contributed by atoms with Gasteiger partial charge >= 0.3 is 6.09 Å². The first-order valence-electron chi connectivity index (χ1n) is 7.27. The van der Waals surface area contributed by atoms with Gasteiger partial charge < -0.3 is 25.6 Å². The minimum Gasteiger partial charge on any atom is -0.449 e. The van der Waals surface area contributed by atoms with Gasteiger partial charge in [0.05, 0.1) is 25.9 Å². The van der Waals surface area contributed by atoms with E-state index >= 15 is 0 Å². The summed E-state index contributed by atoms with van der Waals surface area (Å²) in [5.74, 6) is 0.785. The smallest absolute Gasteiger partial charge is 0.407 e. The quantitative estimate of drug-likeness (QED) is 0.476. The molecule has 0 spiro atoms. The molecule has 20 heavy (non-hydrogen) atoms. The first-order chi connectivity index (χ1) is 9.38. The molecule has 1 amide bonds. The normalized spacial score (nSPS) is 13.1. The first-order valence-corrected chi connectivity index (χ1v) is 7.27. The lowest BCUT2D eigenvalue weighted by Gasteiger charge is -2.21. The van der Waals surface area contributed by atoms with E-state index in [-0.39, 0.29) is 19.1 Å². The number of hydrogen-bond donors (Lipinski definition) is 4. The molecular weight excluding hydrogens is 260 g/mol. The summed E-state index contributed by atoms with van der Waals surface area (Å²) in [6.07, 6.45) is 0.368. The summed E-state index contributed by atoms with van der Waals surface area (Å²) in [4.78, 5) is 11.5. The number of hydrogen-bond acceptors (Lipinski definition) is 5. The minimum absolute atomic E-state index is 0.254. The number of carbonyl (C=O) groups excluding carboxylic acids is 1. The molecule has 6 heteroatoms. The lowest BCUT2D eigenvalue weighted by atomic mass is 9.97. The van der Waals surface area contributed by atoms with Crippen LogP contribution in [0.15, 0.2) is 0 Å². The Morgan fingerprint density at radius 1 is 1.15 bits per heavy atom. The molecule has 0 saturated heterocycles. The van der Waals surface area contributed by atoms with Gasteiger partial charge in [0.25, 0.3) is 0 Å². The monoisotopic (exact) mass is 290 g/mol. The zero-order chi connectivity index (χ0) is 15.5. The van der Waals surface area contributed by atoms with Crippen LogP contribution in [0.1, 0.15) is 34.1 Å². The third-order valence-corrected chi connectivity index (χ3v) is 2.83. The van der Waals surface area contributed by atoms with Crippen molar-refractivity contribution in [3.8, 4) is 0 Å². The van der Waals surface area contributed by atoms with Crippen molar-refractivity contribution < 1.29 is 19.7 Å². The zero-order valence-corrected chi connectivity index (χ0v) is 13.1. The maximum Gasteiger partial charge on any atom is 0.407 e. The van der Waals surface area contributed by atoms with E-state index in [1.165, 1.54) is 0 Å². The Bertz CT molecular complexity index is 256. The van der Waals surface area contributed by atoms with E-state index < -0.39 is 12.1 Å². The minimum atomic E-state index is -0.667. The summed E-state index contributed by atoms with van der Waals surface area (Å²) in [5.41, 5.74) is 0. The van der Waals surface area contributed by atoms with Gasteiger partial charge in [-0.1, -0.05) is 27.7 Å². The molecule has 1 atom stereocenters. The van der Waals surface area contributed by atoms with Gasteiger partial charge in [-0.2, -0.15) is 0 Å². The molecule has 0 aromatic heterocycles. The molecule has 0 fully saturated rings. The van der Waals surface area contributed by atoms with Gasteiger partial charge in [0.15, 0.2) is 0 Å². The second-order valence-electron chi connectivity index (χ2n) is 5.86. The predicted molar refractivity (Wildman–Crippen MR) is 78.5 cm³/mol. The molecule has 0 bridgehead atoms. The molecule has 4 N–H and O–H groups in total. The molecule has 0 aromatic rings. The van der Waals surface area contributed by atoms with Gasteiger partial charge in [-0.15, -0.1) is 0 Å². The molecule has 0 saturated carbocycles. The number of alkyl carbamates (subject to hydrolysis) is 1. The molecule has 0 heterocycles. The molecule has 1 unspecified atom stereocenters. The summed E-state index contributed by atoms with van der Waals surface area (Å²) >= 11 is 0. The maximum absolute atomic E-state index is 11.5.